The summed E-state index contributed by atoms with van der Waals surface area (Å²) in [5.41, 5.74) is 2.80. The number of nitrogens with zero attached hydrogens (tertiary/aromatic N) is 1. The molecule has 8 heteroatoms. The smallest absolute Gasteiger partial charge is 0.254 e. The lowest BCUT2D eigenvalue weighted by molar-refractivity contribution is -0.119. The maximum Gasteiger partial charge on any atom is 0.254 e. The van der Waals surface area contributed by atoms with Gasteiger partial charge in [-0.2, -0.15) is 0 Å². The molecule has 3 aromatic rings. The van der Waals surface area contributed by atoms with Gasteiger partial charge in [0.2, 0.25) is 5.91 Å². The molecule has 0 saturated carbocycles. The number of ether oxygens (including phenoxy) is 2. The fourth-order valence-electron chi connectivity index (χ4n) is 4.08. The number of hydrogen-bond donors (Lipinski definition) is 1. The normalized spacial score (nSPS) is 17.7. The van der Waals surface area contributed by atoms with Gasteiger partial charge >= 0.3 is 0 Å². The number of amides is 2. The van der Waals surface area contributed by atoms with Crippen molar-refractivity contribution in [2.24, 2.45) is 0 Å². The zero-order valence-corrected chi connectivity index (χ0v) is 20.5. The Hall–Kier alpha value is -2.84. The number of aryl methyl sites for hydroxylation is 1. The molecule has 6 nitrogen and oxygen atoms in total. The molecule has 1 N–H and O–H groups in total. The van der Waals surface area contributed by atoms with Gasteiger partial charge in [-0.3, -0.25) is 9.59 Å². The van der Waals surface area contributed by atoms with E-state index in [-0.39, 0.29) is 11.8 Å². The molecule has 2 atom stereocenters. The molecule has 2 amide bonds. The SMILES string of the molecule is COc1cc2c(cc1OC)[C@H](C(=O)Nc1ccc(C)cc1Br)[C@@H](c1cccs1)N(C)C2=O. The Morgan fingerprint density at radius 3 is 2.47 bits per heavy atom. The molecular weight excluding hydrogens is 492 g/mol. The zero-order chi connectivity index (χ0) is 23.0. The molecule has 0 aliphatic carbocycles. The molecule has 4 rings (SSSR count). The van der Waals surface area contributed by atoms with E-state index in [4.69, 9.17) is 9.47 Å². The number of thiophene rings is 1. The highest BCUT2D eigenvalue weighted by Crippen LogP contribution is 2.47. The quantitative estimate of drug-likeness (QED) is 0.495. The third-order valence-corrected chi connectivity index (χ3v) is 7.27. The second-order valence-electron chi connectivity index (χ2n) is 7.62. The van der Waals surface area contributed by atoms with E-state index >= 15 is 0 Å². The molecule has 0 saturated heterocycles. The second kappa shape index (κ2) is 8.96. The first-order chi connectivity index (χ1) is 15.3. The first-order valence-corrected chi connectivity index (χ1v) is 11.7. The molecule has 0 radical (unpaired) electrons. The fourth-order valence-corrected chi connectivity index (χ4v) is 5.58. The number of anilines is 1. The van der Waals surface area contributed by atoms with Crippen LogP contribution >= 0.6 is 27.3 Å². The summed E-state index contributed by atoms with van der Waals surface area (Å²) in [4.78, 5) is 29.6. The minimum absolute atomic E-state index is 0.167. The number of likely N-dealkylation sites (N-methyl/N-ethyl adjacent to an activating group) is 1. The first-order valence-electron chi connectivity index (χ1n) is 9.99. The summed E-state index contributed by atoms with van der Waals surface area (Å²) in [6.07, 6.45) is 0. The summed E-state index contributed by atoms with van der Waals surface area (Å²) in [5.74, 6) is -0.0917. The maximum atomic E-state index is 13.7. The number of nitrogens with one attached hydrogen (secondary N) is 1. The third kappa shape index (κ3) is 3.89. The highest BCUT2D eigenvalue weighted by atomic mass is 79.9. The fraction of sp³-hybridized carbons (Fsp3) is 0.250. The molecule has 1 aliphatic rings. The molecule has 0 spiro atoms. The summed E-state index contributed by atoms with van der Waals surface area (Å²) < 4.78 is 11.7. The van der Waals surface area contributed by atoms with Crippen molar-refractivity contribution in [3.63, 3.8) is 0 Å². The molecule has 0 bridgehead atoms. The predicted molar refractivity (Wildman–Crippen MR) is 129 cm³/mol. The van der Waals surface area contributed by atoms with Crippen LogP contribution in [0.1, 0.15) is 38.3 Å². The van der Waals surface area contributed by atoms with Gasteiger partial charge in [0.05, 0.1) is 31.9 Å². The van der Waals surface area contributed by atoms with E-state index in [0.29, 0.717) is 28.3 Å². The molecule has 2 aromatic carbocycles. The lowest BCUT2D eigenvalue weighted by atomic mass is 9.81. The van der Waals surface area contributed by atoms with E-state index in [1.807, 2.05) is 42.6 Å². The highest BCUT2D eigenvalue weighted by Gasteiger charge is 2.44. The van der Waals surface area contributed by atoms with Gasteiger partial charge in [-0.25, -0.2) is 0 Å². The summed E-state index contributed by atoms with van der Waals surface area (Å²) in [6.45, 7) is 1.99. The van der Waals surface area contributed by atoms with Gasteiger partial charge in [0.1, 0.15) is 0 Å². The largest absolute Gasteiger partial charge is 0.493 e. The van der Waals surface area contributed by atoms with Crippen molar-refractivity contribution in [3.8, 4) is 11.5 Å². The Kier molecular flexibility index (Phi) is 6.26. The minimum atomic E-state index is -0.639. The number of carbonyl (C=O) groups excluding carboxylic acids is 2. The number of carbonyl (C=O) groups is 2. The Balaban J connectivity index is 1.86. The number of hydrogen-bond acceptors (Lipinski definition) is 5. The van der Waals surface area contributed by atoms with Crippen molar-refractivity contribution < 1.29 is 19.1 Å². The van der Waals surface area contributed by atoms with Gasteiger partial charge in [0, 0.05) is 22.0 Å². The molecule has 32 heavy (non-hydrogen) atoms. The average molecular weight is 515 g/mol. The number of methoxy groups -OCH3 is 2. The van der Waals surface area contributed by atoms with Gasteiger partial charge in [-0.15, -0.1) is 11.3 Å². The van der Waals surface area contributed by atoms with Crippen LogP contribution in [0.4, 0.5) is 5.69 Å². The van der Waals surface area contributed by atoms with Crippen LogP contribution in [0.5, 0.6) is 11.5 Å². The highest BCUT2D eigenvalue weighted by molar-refractivity contribution is 9.10. The van der Waals surface area contributed by atoms with Crippen LogP contribution in [0.15, 0.2) is 52.3 Å². The molecule has 166 valence electrons. The lowest BCUT2D eigenvalue weighted by Gasteiger charge is -2.39. The standard InChI is InChI=1S/C24H23BrN2O4S/c1-13-7-8-17(16(25)10-13)26-23(28)21-14-11-18(30-3)19(31-4)12-15(14)24(29)27(2)22(21)20-6-5-9-32-20/h5-12,21-22H,1-4H3,(H,26,28)/t21-,22+/m0/s1. The van der Waals surface area contributed by atoms with Crippen LogP contribution in [0.3, 0.4) is 0 Å². The van der Waals surface area contributed by atoms with E-state index in [0.717, 1.165) is 14.9 Å². The maximum absolute atomic E-state index is 13.7. The summed E-state index contributed by atoms with van der Waals surface area (Å²) >= 11 is 5.06. The Labute approximate surface area is 199 Å². The lowest BCUT2D eigenvalue weighted by Crippen LogP contribution is -2.43. The van der Waals surface area contributed by atoms with Gasteiger partial charge in [-0.1, -0.05) is 12.1 Å². The van der Waals surface area contributed by atoms with Gasteiger partial charge in [0.25, 0.3) is 5.91 Å². The van der Waals surface area contributed by atoms with Crippen LogP contribution in [-0.4, -0.2) is 38.0 Å². The van der Waals surface area contributed by atoms with Crippen molar-refractivity contribution in [2.75, 3.05) is 26.6 Å². The van der Waals surface area contributed by atoms with Crippen molar-refractivity contribution >= 4 is 44.8 Å². The molecule has 2 heterocycles. The molecule has 0 unspecified atom stereocenters. The van der Waals surface area contributed by atoms with E-state index in [2.05, 4.69) is 21.2 Å². The van der Waals surface area contributed by atoms with Gasteiger partial charge < -0.3 is 19.7 Å². The van der Waals surface area contributed by atoms with Crippen molar-refractivity contribution in [2.45, 2.75) is 18.9 Å². The minimum Gasteiger partial charge on any atom is -0.493 e. The summed E-state index contributed by atoms with van der Waals surface area (Å²) in [5, 5.41) is 5.00. The van der Waals surface area contributed by atoms with E-state index < -0.39 is 12.0 Å². The Bertz CT molecular complexity index is 1180. The second-order valence-corrected chi connectivity index (χ2v) is 9.45. The Morgan fingerprint density at radius 2 is 1.84 bits per heavy atom. The third-order valence-electron chi connectivity index (χ3n) is 5.67. The predicted octanol–water partition coefficient (Wildman–Crippen LogP) is 5.39. The van der Waals surface area contributed by atoms with E-state index in [1.165, 1.54) is 25.6 Å². The van der Waals surface area contributed by atoms with Crippen molar-refractivity contribution in [1.82, 2.24) is 4.90 Å². The van der Waals surface area contributed by atoms with Crippen LogP contribution in [0, 0.1) is 6.92 Å². The van der Waals surface area contributed by atoms with Crippen LogP contribution in [0.2, 0.25) is 0 Å². The van der Waals surface area contributed by atoms with Crippen LogP contribution in [0.25, 0.3) is 0 Å². The van der Waals surface area contributed by atoms with Gasteiger partial charge in [-0.05, 0) is 69.7 Å². The van der Waals surface area contributed by atoms with E-state index in [1.54, 1.807) is 24.1 Å². The first kappa shape index (κ1) is 22.4. The monoisotopic (exact) mass is 514 g/mol. The summed E-state index contributed by atoms with van der Waals surface area (Å²) in [7, 11) is 4.79. The van der Waals surface area contributed by atoms with Crippen LogP contribution in [-0.2, 0) is 4.79 Å². The molecular formula is C24H23BrN2O4S. The average Bonchev–Trinajstić information content (AvgIpc) is 3.31. The topological polar surface area (TPSA) is 67.9 Å². The van der Waals surface area contributed by atoms with Crippen LogP contribution < -0.4 is 14.8 Å². The summed E-state index contributed by atoms with van der Waals surface area (Å²) in [6, 6.07) is 12.6. The number of halogens is 1. The number of benzene rings is 2. The molecule has 1 aliphatic heterocycles. The zero-order valence-electron chi connectivity index (χ0n) is 18.1. The molecule has 1 aromatic heterocycles. The Morgan fingerprint density at radius 1 is 1.12 bits per heavy atom. The van der Waals surface area contributed by atoms with Crippen molar-refractivity contribution in [1.29, 1.82) is 0 Å². The number of fused-ring (bicyclic) bond motifs is 1. The van der Waals surface area contributed by atoms with Crippen molar-refractivity contribution in [3.05, 3.63) is 73.9 Å². The van der Waals surface area contributed by atoms with Gasteiger partial charge in [0.15, 0.2) is 11.5 Å². The molecule has 0 fully saturated rings. The number of rotatable bonds is 5. The van der Waals surface area contributed by atoms with E-state index in [9.17, 15) is 9.59 Å².